The Bertz CT molecular complexity index is 540. The zero-order chi connectivity index (χ0) is 20.5. The second kappa shape index (κ2) is 13.7. The van der Waals surface area contributed by atoms with Crippen molar-refractivity contribution in [1.29, 1.82) is 0 Å². The number of nitrogens with zero attached hydrogens (tertiary/aromatic N) is 4. The van der Waals surface area contributed by atoms with Gasteiger partial charge < -0.3 is 25.3 Å². The van der Waals surface area contributed by atoms with E-state index in [9.17, 15) is 4.79 Å². The van der Waals surface area contributed by atoms with E-state index in [0.717, 1.165) is 64.4 Å². The van der Waals surface area contributed by atoms with E-state index in [0.29, 0.717) is 11.9 Å². The maximum absolute atomic E-state index is 12.7. The summed E-state index contributed by atoms with van der Waals surface area (Å²) in [4.78, 5) is 24.5. The van der Waals surface area contributed by atoms with E-state index in [1.165, 1.54) is 45.4 Å². The lowest BCUT2D eigenvalue weighted by Crippen LogP contribution is -2.45. The fraction of sp³-hybridized carbons (Fsp3) is 0.909. The third kappa shape index (κ3) is 8.15. The summed E-state index contributed by atoms with van der Waals surface area (Å²) in [5.41, 5.74) is 0. The van der Waals surface area contributed by atoms with Crippen molar-refractivity contribution in [3.63, 3.8) is 0 Å². The molecule has 3 aliphatic rings. The lowest BCUT2D eigenvalue weighted by molar-refractivity contribution is -0.134. The molecule has 1 aliphatic carbocycles. The normalized spacial score (nSPS) is 24.5. The van der Waals surface area contributed by atoms with Crippen LogP contribution in [0.15, 0.2) is 4.99 Å². The van der Waals surface area contributed by atoms with Crippen LogP contribution in [-0.2, 0) is 4.79 Å². The van der Waals surface area contributed by atoms with Gasteiger partial charge in [-0.25, -0.2) is 0 Å². The molecule has 2 saturated heterocycles. The highest BCUT2D eigenvalue weighted by molar-refractivity contribution is 14.0. The molecule has 0 bridgehead atoms. The monoisotopic (exact) mass is 534 g/mol. The minimum Gasteiger partial charge on any atom is -0.357 e. The maximum atomic E-state index is 12.7. The van der Waals surface area contributed by atoms with Crippen molar-refractivity contribution in [3.8, 4) is 0 Å². The average molecular weight is 535 g/mol. The number of nitrogens with one attached hydrogen (secondary N) is 2. The Labute approximate surface area is 200 Å². The van der Waals surface area contributed by atoms with Crippen molar-refractivity contribution >= 4 is 35.8 Å². The van der Waals surface area contributed by atoms with Gasteiger partial charge in [-0.1, -0.05) is 12.8 Å². The molecule has 2 aliphatic heterocycles. The fourth-order valence-electron chi connectivity index (χ4n) is 4.83. The molecule has 1 saturated carbocycles. The van der Waals surface area contributed by atoms with Gasteiger partial charge in [-0.2, -0.15) is 0 Å². The first-order chi connectivity index (χ1) is 14.2. The highest BCUT2D eigenvalue weighted by atomic mass is 127. The van der Waals surface area contributed by atoms with Gasteiger partial charge >= 0.3 is 0 Å². The largest absolute Gasteiger partial charge is 0.357 e. The first kappa shape index (κ1) is 25.6. The van der Waals surface area contributed by atoms with Gasteiger partial charge in [0.2, 0.25) is 5.91 Å². The summed E-state index contributed by atoms with van der Waals surface area (Å²) < 4.78 is 0. The summed E-state index contributed by atoms with van der Waals surface area (Å²) >= 11 is 0. The number of carbonyl (C=O) groups excluding carboxylic acids is 1. The summed E-state index contributed by atoms with van der Waals surface area (Å²) in [6, 6.07) is 0.319. The minimum absolute atomic E-state index is 0. The van der Waals surface area contributed by atoms with Gasteiger partial charge in [0.15, 0.2) is 5.96 Å². The van der Waals surface area contributed by atoms with Crippen molar-refractivity contribution in [2.24, 2.45) is 10.9 Å². The van der Waals surface area contributed by atoms with Gasteiger partial charge in [0, 0.05) is 51.2 Å². The fourth-order valence-corrected chi connectivity index (χ4v) is 4.83. The lowest BCUT2D eigenvalue weighted by atomic mass is 10.1. The van der Waals surface area contributed by atoms with E-state index in [4.69, 9.17) is 4.99 Å². The number of likely N-dealkylation sites (tertiary alicyclic amines) is 1. The van der Waals surface area contributed by atoms with Crippen LogP contribution in [0.3, 0.4) is 0 Å². The van der Waals surface area contributed by atoms with Gasteiger partial charge in [-0.3, -0.25) is 9.79 Å². The van der Waals surface area contributed by atoms with Crippen LogP contribution in [0.2, 0.25) is 0 Å². The third-order valence-corrected chi connectivity index (χ3v) is 6.60. The molecule has 1 amide bonds. The molecule has 1 unspecified atom stereocenters. The quantitative estimate of drug-likeness (QED) is 0.227. The Morgan fingerprint density at radius 3 is 2.60 bits per heavy atom. The molecule has 0 aromatic carbocycles. The van der Waals surface area contributed by atoms with Gasteiger partial charge in [-0.05, 0) is 65.7 Å². The zero-order valence-electron chi connectivity index (χ0n) is 19.1. The van der Waals surface area contributed by atoms with Crippen LogP contribution in [0, 0.1) is 5.92 Å². The number of hydrogen-bond acceptors (Lipinski definition) is 4. The number of carbonyl (C=O) groups is 1. The molecule has 0 aromatic rings. The molecular weight excluding hydrogens is 491 g/mol. The molecule has 8 heteroatoms. The molecule has 2 N–H and O–H groups in total. The van der Waals surface area contributed by atoms with Gasteiger partial charge in [0.1, 0.15) is 0 Å². The number of likely N-dealkylation sites (N-methyl/N-ethyl adjacent to an activating group) is 1. The van der Waals surface area contributed by atoms with E-state index >= 15 is 0 Å². The molecule has 2 heterocycles. The molecule has 30 heavy (non-hydrogen) atoms. The molecule has 0 spiro atoms. The molecular formula is C22H43IN6O. The van der Waals surface area contributed by atoms with Crippen LogP contribution in [0.25, 0.3) is 0 Å². The maximum Gasteiger partial charge on any atom is 0.225 e. The van der Waals surface area contributed by atoms with E-state index in [2.05, 4.69) is 39.3 Å². The van der Waals surface area contributed by atoms with Crippen LogP contribution < -0.4 is 10.6 Å². The average Bonchev–Trinajstić information content (AvgIpc) is 3.36. The van der Waals surface area contributed by atoms with E-state index < -0.39 is 0 Å². The van der Waals surface area contributed by atoms with E-state index in [1.54, 1.807) is 0 Å². The van der Waals surface area contributed by atoms with Crippen molar-refractivity contribution < 1.29 is 4.79 Å². The minimum atomic E-state index is 0. The van der Waals surface area contributed by atoms with Gasteiger partial charge in [0.05, 0.1) is 0 Å². The Morgan fingerprint density at radius 1 is 1.03 bits per heavy atom. The molecule has 1 atom stereocenters. The summed E-state index contributed by atoms with van der Waals surface area (Å²) in [6.45, 7) is 11.4. The van der Waals surface area contributed by atoms with Crippen molar-refractivity contribution in [2.75, 3.05) is 66.0 Å². The first-order valence-electron chi connectivity index (χ1n) is 11.9. The standard InChI is InChI=1S/C22H42N6O.HI/c1-3-23-22(24-11-6-13-27-14-7-12-26(2)16-17-27)25-20-10-15-28(18-20)21(29)19-8-4-5-9-19;/h19-20H,3-18H2,1-2H3,(H2,23,24,25);1H. The molecule has 0 radical (unpaired) electrons. The van der Waals surface area contributed by atoms with Gasteiger partial charge in [0.25, 0.3) is 0 Å². The summed E-state index contributed by atoms with van der Waals surface area (Å²) in [5, 5.41) is 6.95. The predicted octanol–water partition coefficient (Wildman–Crippen LogP) is 1.98. The summed E-state index contributed by atoms with van der Waals surface area (Å²) in [7, 11) is 2.22. The van der Waals surface area contributed by atoms with Gasteiger partial charge in [-0.15, -0.1) is 24.0 Å². The second-order valence-corrected chi connectivity index (χ2v) is 9.01. The van der Waals surface area contributed by atoms with Crippen LogP contribution in [0.4, 0.5) is 0 Å². The number of amides is 1. The van der Waals surface area contributed by atoms with Crippen LogP contribution in [0.5, 0.6) is 0 Å². The number of aliphatic imine (C=N–C) groups is 1. The SMILES string of the molecule is CCNC(=NCCCN1CCCN(C)CC1)NC1CCN(C(=O)C2CCCC2)C1.I. The Balaban J connectivity index is 0.00000320. The van der Waals surface area contributed by atoms with Crippen molar-refractivity contribution in [3.05, 3.63) is 0 Å². The number of guanidine groups is 1. The second-order valence-electron chi connectivity index (χ2n) is 9.01. The zero-order valence-corrected chi connectivity index (χ0v) is 21.4. The molecule has 0 aromatic heterocycles. The number of halogens is 1. The number of hydrogen-bond donors (Lipinski definition) is 2. The Morgan fingerprint density at radius 2 is 1.83 bits per heavy atom. The Kier molecular flexibility index (Phi) is 11.7. The van der Waals surface area contributed by atoms with Crippen LogP contribution in [0.1, 0.15) is 51.9 Å². The summed E-state index contributed by atoms with van der Waals surface area (Å²) in [5.74, 6) is 1.58. The topological polar surface area (TPSA) is 63.2 Å². The number of rotatable bonds is 7. The van der Waals surface area contributed by atoms with Crippen LogP contribution in [-0.4, -0.2) is 98.6 Å². The van der Waals surface area contributed by atoms with E-state index in [-0.39, 0.29) is 29.9 Å². The lowest BCUT2D eigenvalue weighted by Gasteiger charge is -2.22. The van der Waals surface area contributed by atoms with Crippen LogP contribution >= 0.6 is 24.0 Å². The predicted molar refractivity (Wildman–Crippen MR) is 135 cm³/mol. The van der Waals surface area contributed by atoms with E-state index in [1.807, 2.05) is 0 Å². The Hall–Kier alpha value is -0.610. The smallest absolute Gasteiger partial charge is 0.225 e. The summed E-state index contributed by atoms with van der Waals surface area (Å²) in [6.07, 6.45) is 7.99. The highest BCUT2D eigenvalue weighted by Gasteiger charge is 2.32. The van der Waals surface area contributed by atoms with Crippen molar-refractivity contribution in [1.82, 2.24) is 25.3 Å². The first-order valence-corrected chi connectivity index (χ1v) is 11.9. The third-order valence-electron chi connectivity index (χ3n) is 6.60. The highest BCUT2D eigenvalue weighted by Crippen LogP contribution is 2.27. The molecule has 7 nitrogen and oxygen atoms in total. The van der Waals surface area contributed by atoms with Crippen molar-refractivity contribution in [2.45, 2.75) is 57.9 Å². The molecule has 174 valence electrons. The molecule has 3 fully saturated rings. The molecule has 3 rings (SSSR count).